The Bertz CT molecular complexity index is 791. The minimum absolute atomic E-state index is 0.330. The number of likely N-dealkylation sites (tertiary alicyclic amines) is 1. The highest BCUT2D eigenvalue weighted by atomic mass is 32.2. The number of nitrogens with two attached hydrogens (primary N) is 1. The van der Waals surface area contributed by atoms with Gasteiger partial charge in [0.05, 0.1) is 0 Å². The van der Waals surface area contributed by atoms with Gasteiger partial charge in [0.15, 0.2) is 5.58 Å². The SMILES string of the molecule is Nc1ccc2oc(S(=O)(=O)CC(=O)N3CCCC3)nc2c1. The molecule has 0 radical (unpaired) electrons. The molecule has 112 valence electrons. The standard InChI is InChI=1S/C13H15N3O4S/c14-9-3-4-11-10(7-9)15-13(20-11)21(18,19)8-12(17)16-5-1-2-6-16/h3-4,7H,1-2,5-6,8,14H2. The zero-order valence-corrected chi connectivity index (χ0v) is 12.1. The molecule has 3 rings (SSSR count). The van der Waals surface area contributed by atoms with Crippen LogP contribution in [0.2, 0.25) is 0 Å². The summed E-state index contributed by atoms with van der Waals surface area (Å²) >= 11 is 0. The second-order valence-corrected chi connectivity index (χ2v) is 6.92. The summed E-state index contributed by atoms with van der Waals surface area (Å²) in [6.07, 6.45) is 1.82. The number of aromatic nitrogens is 1. The molecule has 2 N–H and O–H groups in total. The lowest BCUT2D eigenvalue weighted by atomic mass is 10.3. The molecule has 7 nitrogen and oxygen atoms in total. The minimum atomic E-state index is -3.88. The maximum Gasteiger partial charge on any atom is 0.316 e. The highest BCUT2D eigenvalue weighted by Gasteiger charge is 2.29. The van der Waals surface area contributed by atoms with Gasteiger partial charge in [0.1, 0.15) is 11.3 Å². The Morgan fingerprint density at radius 1 is 1.33 bits per heavy atom. The third-order valence-electron chi connectivity index (χ3n) is 3.43. The van der Waals surface area contributed by atoms with E-state index in [-0.39, 0.29) is 0 Å². The van der Waals surface area contributed by atoms with Crippen LogP contribution in [0.3, 0.4) is 0 Å². The van der Waals surface area contributed by atoms with Crippen LogP contribution < -0.4 is 5.73 Å². The fraction of sp³-hybridized carbons (Fsp3) is 0.385. The Morgan fingerprint density at radius 2 is 2.05 bits per heavy atom. The van der Waals surface area contributed by atoms with E-state index in [1.54, 1.807) is 17.0 Å². The van der Waals surface area contributed by atoms with E-state index in [0.717, 1.165) is 12.8 Å². The van der Waals surface area contributed by atoms with E-state index < -0.39 is 26.7 Å². The number of hydrogen-bond donors (Lipinski definition) is 1. The second kappa shape index (κ2) is 5.03. The lowest BCUT2D eigenvalue weighted by Crippen LogP contribution is -2.33. The average molecular weight is 309 g/mol. The smallest absolute Gasteiger partial charge is 0.316 e. The van der Waals surface area contributed by atoms with Crippen molar-refractivity contribution in [3.8, 4) is 0 Å². The van der Waals surface area contributed by atoms with Crippen LogP contribution in [-0.2, 0) is 14.6 Å². The van der Waals surface area contributed by atoms with E-state index in [1.807, 2.05) is 0 Å². The number of nitrogen functional groups attached to an aromatic ring is 1. The number of oxazole rings is 1. The van der Waals surface area contributed by atoms with Crippen molar-refractivity contribution in [2.75, 3.05) is 24.6 Å². The van der Waals surface area contributed by atoms with Crippen molar-refractivity contribution in [3.63, 3.8) is 0 Å². The summed E-state index contributed by atoms with van der Waals surface area (Å²) in [5.74, 6) is -1.02. The molecule has 1 amide bonds. The zero-order chi connectivity index (χ0) is 15.0. The molecule has 8 heteroatoms. The number of nitrogens with zero attached hydrogens (tertiary/aromatic N) is 2. The molecular formula is C13H15N3O4S. The van der Waals surface area contributed by atoms with Gasteiger partial charge in [0, 0.05) is 18.8 Å². The summed E-state index contributed by atoms with van der Waals surface area (Å²) in [6, 6.07) is 4.68. The molecule has 0 bridgehead atoms. The number of amides is 1. The third-order valence-corrected chi connectivity index (χ3v) is 4.76. The van der Waals surface area contributed by atoms with Gasteiger partial charge in [-0.3, -0.25) is 4.79 Å². The summed E-state index contributed by atoms with van der Waals surface area (Å²) in [5.41, 5.74) is 6.77. The van der Waals surface area contributed by atoms with Crippen LogP contribution >= 0.6 is 0 Å². The van der Waals surface area contributed by atoms with Crippen molar-refractivity contribution in [3.05, 3.63) is 18.2 Å². The molecule has 0 atom stereocenters. The fourth-order valence-electron chi connectivity index (χ4n) is 2.34. The van der Waals surface area contributed by atoms with Crippen molar-refractivity contribution < 1.29 is 17.6 Å². The van der Waals surface area contributed by atoms with Crippen molar-refractivity contribution in [1.82, 2.24) is 9.88 Å². The average Bonchev–Trinajstić information content (AvgIpc) is 3.07. The van der Waals surface area contributed by atoms with Crippen molar-refractivity contribution >= 4 is 32.5 Å². The normalized spacial score (nSPS) is 15.7. The van der Waals surface area contributed by atoms with Crippen LogP contribution in [0, 0.1) is 0 Å². The van der Waals surface area contributed by atoms with Gasteiger partial charge in [0.2, 0.25) is 15.7 Å². The maximum absolute atomic E-state index is 12.2. The minimum Gasteiger partial charge on any atom is -0.428 e. The lowest BCUT2D eigenvalue weighted by molar-refractivity contribution is -0.127. The van der Waals surface area contributed by atoms with E-state index in [9.17, 15) is 13.2 Å². The Morgan fingerprint density at radius 3 is 2.76 bits per heavy atom. The Labute approximate surface area is 121 Å². The first-order valence-electron chi connectivity index (χ1n) is 6.62. The number of carbonyl (C=O) groups is 1. The lowest BCUT2D eigenvalue weighted by Gasteiger charge is -2.13. The molecule has 0 saturated carbocycles. The predicted octanol–water partition coefficient (Wildman–Crippen LogP) is 0.806. The van der Waals surface area contributed by atoms with Crippen LogP contribution in [-0.4, -0.2) is 43.1 Å². The number of fused-ring (bicyclic) bond motifs is 1. The molecule has 0 unspecified atom stereocenters. The monoisotopic (exact) mass is 309 g/mol. The summed E-state index contributed by atoms with van der Waals surface area (Å²) in [5, 5.41) is -0.435. The maximum atomic E-state index is 12.2. The zero-order valence-electron chi connectivity index (χ0n) is 11.3. The van der Waals surface area contributed by atoms with Gasteiger partial charge in [-0.05, 0) is 31.0 Å². The molecule has 1 aromatic carbocycles. The molecule has 1 fully saturated rings. The van der Waals surface area contributed by atoms with E-state index >= 15 is 0 Å². The largest absolute Gasteiger partial charge is 0.428 e. The quantitative estimate of drug-likeness (QED) is 0.841. The Kier molecular flexibility index (Phi) is 3.32. The Hall–Kier alpha value is -2.09. The number of carbonyl (C=O) groups excluding carboxylic acids is 1. The molecule has 2 heterocycles. The topological polar surface area (TPSA) is 106 Å². The molecule has 1 aliphatic heterocycles. The molecule has 0 aliphatic carbocycles. The summed E-state index contributed by atoms with van der Waals surface area (Å²) in [6.45, 7) is 1.22. The van der Waals surface area contributed by atoms with Gasteiger partial charge in [-0.25, -0.2) is 8.42 Å². The van der Waals surface area contributed by atoms with E-state index in [0.29, 0.717) is 29.9 Å². The van der Waals surface area contributed by atoms with Crippen LogP contribution in [0.5, 0.6) is 0 Å². The number of sulfone groups is 1. The highest BCUT2D eigenvalue weighted by molar-refractivity contribution is 7.91. The Balaban J connectivity index is 1.87. The summed E-state index contributed by atoms with van der Waals surface area (Å²) in [4.78, 5) is 17.4. The van der Waals surface area contributed by atoms with Crippen molar-refractivity contribution in [1.29, 1.82) is 0 Å². The van der Waals surface area contributed by atoms with Crippen LogP contribution in [0.25, 0.3) is 11.1 Å². The van der Waals surface area contributed by atoms with Crippen LogP contribution in [0.15, 0.2) is 27.8 Å². The van der Waals surface area contributed by atoms with Crippen LogP contribution in [0.1, 0.15) is 12.8 Å². The van der Waals surface area contributed by atoms with E-state index in [4.69, 9.17) is 10.2 Å². The number of anilines is 1. The highest BCUT2D eigenvalue weighted by Crippen LogP contribution is 2.22. The van der Waals surface area contributed by atoms with E-state index in [1.165, 1.54) is 6.07 Å². The second-order valence-electron chi connectivity index (χ2n) is 5.05. The van der Waals surface area contributed by atoms with Gasteiger partial charge in [-0.1, -0.05) is 0 Å². The van der Waals surface area contributed by atoms with Gasteiger partial charge < -0.3 is 15.1 Å². The summed E-state index contributed by atoms with van der Waals surface area (Å²) < 4.78 is 29.7. The first kappa shape index (κ1) is 13.9. The number of hydrogen-bond acceptors (Lipinski definition) is 6. The molecule has 0 spiro atoms. The van der Waals surface area contributed by atoms with Gasteiger partial charge in [-0.2, -0.15) is 4.98 Å². The van der Waals surface area contributed by atoms with Crippen molar-refractivity contribution in [2.24, 2.45) is 0 Å². The van der Waals surface area contributed by atoms with Gasteiger partial charge in [-0.15, -0.1) is 0 Å². The molecule has 21 heavy (non-hydrogen) atoms. The third kappa shape index (κ3) is 2.71. The molecular weight excluding hydrogens is 294 g/mol. The van der Waals surface area contributed by atoms with E-state index in [2.05, 4.69) is 4.98 Å². The van der Waals surface area contributed by atoms with Gasteiger partial charge in [0.25, 0.3) is 0 Å². The van der Waals surface area contributed by atoms with Crippen LogP contribution in [0.4, 0.5) is 5.69 Å². The first-order valence-corrected chi connectivity index (χ1v) is 8.27. The predicted molar refractivity (Wildman–Crippen MR) is 76.3 cm³/mol. The van der Waals surface area contributed by atoms with Crippen molar-refractivity contribution in [2.45, 2.75) is 18.1 Å². The number of benzene rings is 1. The summed E-state index contributed by atoms with van der Waals surface area (Å²) in [7, 11) is -3.88. The molecule has 2 aromatic rings. The fourth-order valence-corrected chi connectivity index (χ4v) is 3.42. The molecule has 1 aliphatic rings. The number of rotatable bonds is 3. The molecule has 1 saturated heterocycles. The van der Waals surface area contributed by atoms with Gasteiger partial charge >= 0.3 is 5.22 Å². The molecule has 1 aromatic heterocycles. The first-order chi connectivity index (χ1) is 9.95.